The number of rotatable bonds is 3. The zero-order valence-corrected chi connectivity index (χ0v) is 10.6. The summed E-state index contributed by atoms with van der Waals surface area (Å²) in [6, 6.07) is 0. The number of hydrogen-bond acceptors (Lipinski definition) is 8. The molecule has 114 valence electrons. The first kappa shape index (κ1) is 14.0. The Morgan fingerprint density at radius 2 is 2.19 bits per heavy atom. The molecule has 1 fully saturated rings. The molecule has 0 unspecified atom stereocenters. The lowest BCUT2D eigenvalue weighted by Gasteiger charge is -2.19. The summed E-state index contributed by atoms with van der Waals surface area (Å²) in [6.45, 7) is -0.391. The summed E-state index contributed by atoms with van der Waals surface area (Å²) in [5.41, 5.74) is 5.60. The number of aliphatic hydroxyl groups excluding tert-OH is 2. The summed E-state index contributed by atoms with van der Waals surface area (Å²) in [6.07, 6.45) is -4.20. The van der Waals surface area contributed by atoms with E-state index in [0.29, 0.717) is 0 Å². The Morgan fingerprint density at radius 3 is 2.90 bits per heavy atom. The molecule has 3 heterocycles. The zero-order chi connectivity index (χ0) is 15.2. The number of alkyl halides is 2. The van der Waals surface area contributed by atoms with Gasteiger partial charge in [-0.2, -0.15) is 13.5 Å². The summed E-state index contributed by atoms with van der Waals surface area (Å²) in [5.74, 6) is -3.61. The minimum absolute atomic E-state index is 0.0000185. The molecule has 1 aliphatic rings. The van der Waals surface area contributed by atoms with Crippen molar-refractivity contribution in [3.8, 4) is 0 Å². The second-order valence-electron chi connectivity index (χ2n) is 4.62. The van der Waals surface area contributed by atoms with Crippen molar-refractivity contribution >= 4 is 17.0 Å². The van der Waals surface area contributed by atoms with Gasteiger partial charge in [-0.1, -0.05) is 5.21 Å². The van der Waals surface area contributed by atoms with E-state index in [-0.39, 0.29) is 23.4 Å². The number of fused-ring (bicyclic) bond motifs is 1. The van der Waals surface area contributed by atoms with Crippen LogP contribution in [0.1, 0.15) is 12.6 Å². The number of anilines is 1. The molecule has 0 saturated carbocycles. The minimum Gasteiger partial charge on any atom is -0.396 e. The zero-order valence-electron chi connectivity index (χ0n) is 10.6. The summed E-state index contributed by atoms with van der Waals surface area (Å²) in [7, 11) is 0. The fourth-order valence-corrected chi connectivity index (χ4v) is 2.24. The van der Waals surface area contributed by atoms with Gasteiger partial charge in [0.2, 0.25) is 6.23 Å². The highest BCUT2D eigenvalue weighted by atomic mass is 19.3. The maximum atomic E-state index is 14.1. The Balaban J connectivity index is 2.04. The lowest BCUT2D eigenvalue weighted by Crippen LogP contribution is -2.38. The quantitative estimate of drug-likeness (QED) is 0.663. The lowest BCUT2D eigenvalue weighted by atomic mass is 10.1. The standard InChI is InChI=1S/C10H12F2N6O3/c11-10(12)6(20)4(1-2-19)21-9(10)18-8-5(16-17-18)7(13)14-3-15-8/h3-4,6,9,19-20H,1-2H2,(H2,13,14,15)/t4-,6-,9-/m1/s1. The molecule has 0 amide bonds. The molecular formula is C10H12F2N6O3. The van der Waals surface area contributed by atoms with E-state index in [1.165, 1.54) is 0 Å². The van der Waals surface area contributed by atoms with Crippen LogP contribution in [0.25, 0.3) is 11.2 Å². The van der Waals surface area contributed by atoms with E-state index in [2.05, 4.69) is 20.3 Å². The topological polar surface area (TPSA) is 132 Å². The van der Waals surface area contributed by atoms with Gasteiger partial charge in [0, 0.05) is 6.61 Å². The van der Waals surface area contributed by atoms with E-state index in [1.807, 2.05) is 0 Å². The molecule has 9 nitrogen and oxygen atoms in total. The molecule has 3 atom stereocenters. The molecule has 0 aromatic carbocycles. The van der Waals surface area contributed by atoms with Crippen molar-refractivity contribution in [2.45, 2.75) is 30.8 Å². The van der Waals surface area contributed by atoms with Crippen LogP contribution in [-0.4, -0.2) is 59.9 Å². The second-order valence-corrected chi connectivity index (χ2v) is 4.62. The summed E-state index contributed by atoms with van der Waals surface area (Å²) < 4.78 is 34.2. The highest BCUT2D eigenvalue weighted by Gasteiger charge is 2.60. The van der Waals surface area contributed by atoms with Crippen LogP contribution in [0.4, 0.5) is 14.6 Å². The predicted molar refractivity (Wildman–Crippen MR) is 64.1 cm³/mol. The molecule has 0 radical (unpaired) electrons. The first-order valence-corrected chi connectivity index (χ1v) is 6.10. The van der Waals surface area contributed by atoms with Crippen molar-refractivity contribution in [1.29, 1.82) is 0 Å². The number of ether oxygens (including phenoxy) is 1. The van der Waals surface area contributed by atoms with Gasteiger partial charge in [-0.3, -0.25) is 0 Å². The molecule has 21 heavy (non-hydrogen) atoms. The molecule has 0 aliphatic carbocycles. The number of halogens is 2. The van der Waals surface area contributed by atoms with E-state index in [9.17, 15) is 13.9 Å². The van der Waals surface area contributed by atoms with E-state index in [1.54, 1.807) is 0 Å². The van der Waals surface area contributed by atoms with Crippen molar-refractivity contribution in [3.05, 3.63) is 6.33 Å². The third kappa shape index (κ3) is 2.01. The van der Waals surface area contributed by atoms with Gasteiger partial charge in [-0.25, -0.2) is 9.97 Å². The van der Waals surface area contributed by atoms with Crippen molar-refractivity contribution in [3.63, 3.8) is 0 Å². The molecule has 11 heteroatoms. The van der Waals surface area contributed by atoms with Gasteiger partial charge in [-0.05, 0) is 6.42 Å². The van der Waals surface area contributed by atoms with Crippen molar-refractivity contribution < 1.29 is 23.7 Å². The SMILES string of the molecule is Nc1ncnc2c1nnn2[C@@H]1O[C@H](CCO)[C@@H](O)C1(F)F. The van der Waals surface area contributed by atoms with Gasteiger partial charge in [0.15, 0.2) is 17.0 Å². The molecule has 4 N–H and O–H groups in total. The van der Waals surface area contributed by atoms with Gasteiger partial charge in [0.25, 0.3) is 0 Å². The van der Waals surface area contributed by atoms with Crippen molar-refractivity contribution in [2.75, 3.05) is 12.3 Å². The fourth-order valence-electron chi connectivity index (χ4n) is 2.24. The number of hydrogen-bond donors (Lipinski definition) is 3. The highest BCUT2D eigenvalue weighted by molar-refractivity contribution is 5.80. The van der Waals surface area contributed by atoms with Crippen LogP contribution in [0, 0.1) is 0 Å². The van der Waals surface area contributed by atoms with Gasteiger partial charge < -0.3 is 20.7 Å². The van der Waals surface area contributed by atoms with E-state index in [0.717, 1.165) is 11.0 Å². The number of aliphatic hydroxyl groups is 2. The molecule has 1 saturated heterocycles. The smallest absolute Gasteiger partial charge is 0.321 e. The molecule has 2 aromatic heterocycles. The first-order valence-electron chi connectivity index (χ1n) is 6.10. The maximum Gasteiger partial charge on any atom is 0.321 e. The summed E-state index contributed by atoms with van der Waals surface area (Å²) in [4.78, 5) is 7.49. The fraction of sp³-hybridized carbons (Fsp3) is 0.600. The van der Waals surface area contributed by atoms with E-state index < -0.39 is 31.0 Å². The monoisotopic (exact) mass is 302 g/mol. The third-order valence-electron chi connectivity index (χ3n) is 3.30. The molecule has 1 aliphatic heterocycles. The van der Waals surface area contributed by atoms with Crippen molar-refractivity contribution in [2.24, 2.45) is 0 Å². The normalized spacial score (nSPS) is 28.3. The van der Waals surface area contributed by atoms with Crippen LogP contribution in [-0.2, 0) is 4.74 Å². The summed E-state index contributed by atoms with van der Waals surface area (Å²) in [5, 5.41) is 25.7. The Bertz CT molecular complexity index is 665. The Kier molecular flexibility index (Phi) is 3.19. The first-order chi connectivity index (χ1) is 9.96. The Morgan fingerprint density at radius 1 is 1.43 bits per heavy atom. The van der Waals surface area contributed by atoms with Crippen LogP contribution < -0.4 is 5.73 Å². The number of nitrogens with zero attached hydrogens (tertiary/aromatic N) is 5. The minimum atomic E-state index is -3.61. The van der Waals surface area contributed by atoms with E-state index in [4.69, 9.17) is 15.6 Å². The average molecular weight is 302 g/mol. The van der Waals surface area contributed by atoms with Gasteiger partial charge in [0.05, 0.1) is 6.10 Å². The van der Waals surface area contributed by atoms with E-state index >= 15 is 0 Å². The number of nitrogen functional groups attached to an aromatic ring is 1. The van der Waals surface area contributed by atoms with Crippen LogP contribution >= 0.6 is 0 Å². The van der Waals surface area contributed by atoms with Crippen molar-refractivity contribution in [1.82, 2.24) is 25.0 Å². The lowest BCUT2D eigenvalue weighted by molar-refractivity contribution is -0.142. The Labute approximate surface area is 116 Å². The molecule has 2 aromatic rings. The molecule has 0 spiro atoms. The van der Waals surface area contributed by atoms with Crippen LogP contribution in [0.2, 0.25) is 0 Å². The number of aromatic nitrogens is 5. The molecular weight excluding hydrogens is 290 g/mol. The van der Waals surface area contributed by atoms with Gasteiger partial charge in [0.1, 0.15) is 12.4 Å². The van der Waals surface area contributed by atoms with Crippen LogP contribution in [0.3, 0.4) is 0 Å². The predicted octanol–water partition coefficient (Wildman–Crippen LogP) is -0.921. The van der Waals surface area contributed by atoms with Gasteiger partial charge >= 0.3 is 5.92 Å². The third-order valence-corrected chi connectivity index (χ3v) is 3.30. The summed E-state index contributed by atoms with van der Waals surface area (Å²) >= 11 is 0. The highest BCUT2D eigenvalue weighted by Crippen LogP contribution is 2.44. The molecule has 0 bridgehead atoms. The Hall–Kier alpha value is -1.98. The second kappa shape index (κ2) is 4.79. The van der Waals surface area contributed by atoms with Gasteiger partial charge in [-0.15, -0.1) is 5.10 Å². The number of nitrogens with two attached hydrogens (primary N) is 1. The largest absolute Gasteiger partial charge is 0.396 e. The van der Waals surface area contributed by atoms with Crippen LogP contribution in [0.15, 0.2) is 6.33 Å². The average Bonchev–Trinajstić information content (AvgIpc) is 2.95. The maximum absolute atomic E-state index is 14.1. The van der Waals surface area contributed by atoms with Crippen LogP contribution in [0.5, 0.6) is 0 Å². The molecule has 3 rings (SSSR count).